The Bertz CT molecular complexity index is 298. The van der Waals surface area contributed by atoms with Crippen LogP contribution in [0.25, 0.3) is 0 Å². The zero-order valence-corrected chi connectivity index (χ0v) is 7.65. The van der Waals surface area contributed by atoms with E-state index in [1.54, 1.807) is 18.2 Å². The molecule has 4 heteroatoms. The first-order valence-corrected chi connectivity index (χ1v) is 4.19. The molecule has 3 nitrogen and oxygen atoms in total. The van der Waals surface area contributed by atoms with E-state index in [9.17, 15) is 9.90 Å². The zero-order chi connectivity index (χ0) is 9.14. The van der Waals surface area contributed by atoms with Gasteiger partial charge in [0.15, 0.2) is 0 Å². The maximum atomic E-state index is 10.5. The summed E-state index contributed by atoms with van der Waals surface area (Å²) in [4.78, 5) is 9.65. The van der Waals surface area contributed by atoms with Crippen LogP contribution in [0, 0.1) is 0 Å². The number of carbonyl (C=O) groups is 1. The Morgan fingerprint density at radius 3 is 2.50 bits per heavy atom. The summed E-state index contributed by atoms with van der Waals surface area (Å²) < 4.78 is 0. The smallest absolute Gasteiger partial charge is 0.321 e. The number of aromatic hydroxyl groups is 1. The number of halogens is 1. The molecule has 12 heavy (non-hydrogen) atoms. The van der Waals surface area contributed by atoms with Crippen molar-refractivity contribution in [3.8, 4) is 5.75 Å². The molecule has 0 saturated heterocycles. The van der Waals surface area contributed by atoms with Crippen LogP contribution in [0.5, 0.6) is 5.75 Å². The minimum Gasteiger partial charge on any atom is -0.508 e. The van der Waals surface area contributed by atoms with E-state index in [0.29, 0.717) is 5.56 Å². The van der Waals surface area contributed by atoms with Crippen molar-refractivity contribution in [3.63, 3.8) is 0 Å². The highest BCUT2D eigenvalue weighted by molar-refractivity contribution is 9.09. The molecule has 0 saturated carbocycles. The summed E-state index contributed by atoms with van der Waals surface area (Å²) in [6.07, 6.45) is 0. The van der Waals surface area contributed by atoms with Crippen molar-refractivity contribution in [2.45, 2.75) is 4.83 Å². The summed E-state index contributed by atoms with van der Waals surface area (Å²) in [6, 6.07) is 6.32. The predicted molar refractivity (Wildman–Crippen MR) is 47.4 cm³/mol. The number of phenols is 1. The fourth-order valence-corrected chi connectivity index (χ4v) is 1.22. The molecule has 0 spiro atoms. The molecule has 0 aliphatic heterocycles. The number of alkyl halides is 1. The molecule has 1 rings (SSSR count). The molecule has 2 N–H and O–H groups in total. The minimum absolute atomic E-state index is 0.0122. The van der Waals surface area contributed by atoms with Gasteiger partial charge in [-0.15, -0.1) is 0 Å². The van der Waals surface area contributed by atoms with Crippen LogP contribution in [0.3, 0.4) is 0 Å². The highest BCUT2D eigenvalue weighted by atomic mass is 79.9. The van der Waals surface area contributed by atoms with Gasteiger partial charge in [-0.3, -0.25) is 4.79 Å². The largest absolute Gasteiger partial charge is 0.508 e. The van der Waals surface area contributed by atoms with E-state index in [1.807, 2.05) is 0 Å². The van der Waals surface area contributed by atoms with Crippen LogP contribution in [-0.4, -0.2) is 16.2 Å². The van der Waals surface area contributed by atoms with Gasteiger partial charge in [-0.25, -0.2) is 0 Å². The van der Waals surface area contributed by atoms with Crippen LogP contribution in [0.4, 0.5) is 0 Å². The van der Waals surface area contributed by atoms with Gasteiger partial charge in [0.25, 0.3) is 0 Å². The Morgan fingerprint density at radius 1 is 1.42 bits per heavy atom. The number of benzene rings is 1. The maximum Gasteiger partial charge on any atom is 0.321 e. The van der Waals surface area contributed by atoms with E-state index in [0.717, 1.165) is 0 Å². The molecule has 1 aromatic rings. The lowest BCUT2D eigenvalue weighted by Gasteiger charge is -2.05. The molecule has 64 valence electrons. The van der Waals surface area contributed by atoms with Gasteiger partial charge in [-0.1, -0.05) is 34.1 Å². The summed E-state index contributed by atoms with van der Waals surface area (Å²) in [6.45, 7) is 0. The fraction of sp³-hybridized carbons (Fsp3) is 0.125. The number of para-hydroxylation sites is 1. The zero-order valence-electron chi connectivity index (χ0n) is 6.07. The van der Waals surface area contributed by atoms with E-state index >= 15 is 0 Å². The lowest BCUT2D eigenvalue weighted by atomic mass is 10.1. The third-order valence-electron chi connectivity index (χ3n) is 1.43. The van der Waals surface area contributed by atoms with Crippen molar-refractivity contribution in [1.82, 2.24) is 0 Å². The normalized spacial score (nSPS) is 12.4. The number of hydrogen-bond acceptors (Lipinski definition) is 2. The summed E-state index contributed by atoms with van der Waals surface area (Å²) in [5.41, 5.74) is 0.366. The predicted octanol–water partition coefficient (Wildman–Crippen LogP) is 1.91. The summed E-state index contributed by atoms with van der Waals surface area (Å²) in [5, 5.41) is 17.8. The summed E-state index contributed by atoms with van der Waals surface area (Å²) in [7, 11) is 0. The van der Waals surface area contributed by atoms with Crippen LogP contribution < -0.4 is 0 Å². The molecule has 0 aliphatic rings. The Balaban J connectivity index is 3.02. The second kappa shape index (κ2) is 3.58. The Labute approximate surface area is 77.8 Å². The molecular weight excluding hydrogens is 224 g/mol. The van der Waals surface area contributed by atoms with Gasteiger partial charge in [0.1, 0.15) is 10.6 Å². The Kier molecular flexibility index (Phi) is 2.70. The number of phenolic OH excluding ortho intramolecular Hbond substituents is 1. The molecule has 0 radical (unpaired) electrons. The van der Waals surface area contributed by atoms with Gasteiger partial charge in [-0.2, -0.15) is 0 Å². The lowest BCUT2D eigenvalue weighted by Crippen LogP contribution is -2.04. The van der Waals surface area contributed by atoms with Gasteiger partial charge >= 0.3 is 5.97 Å². The third kappa shape index (κ3) is 1.76. The topological polar surface area (TPSA) is 57.5 Å². The molecule has 1 unspecified atom stereocenters. The maximum absolute atomic E-state index is 10.5. The van der Waals surface area contributed by atoms with Gasteiger partial charge < -0.3 is 10.2 Å². The van der Waals surface area contributed by atoms with Crippen LogP contribution in [0.2, 0.25) is 0 Å². The number of rotatable bonds is 2. The van der Waals surface area contributed by atoms with Gasteiger partial charge in [0.2, 0.25) is 0 Å². The first kappa shape index (κ1) is 9.06. The number of hydrogen-bond donors (Lipinski definition) is 2. The van der Waals surface area contributed by atoms with E-state index < -0.39 is 10.8 Å². The van der Waals surface area contributed by atoms with Crippen molar-refractivity contribution in [1.29, 1.82) is 0 Å². The van der Waals surface area contributed by atoms with E-state index in [1.165, 1.54) is 6.07 Å². The van der Waals surface area contributed by atoms with Crippen LogP contribution in [-0.2, 0) is 4.79 Å². The van der Waals surface area contributed by atoms with Crippen LogP contribution in [0.15, 0.2) is 24.3 Å². The van der Waals surface area contributed by atoms with Crippen molar-refractivity contribution in [2.24, 2.45) is 0 Å². The SMILES string of the molecule is O=C(O)C(Br)c1ccccc1O. The Morgan fingerprint density at radius 2 is 2.00 bits per heavy atom. The van der Waals surface area contributed by atoms with Crippen LogP contribution in [0.1, 0.15) is 10.4 Å². The highest BCUT2D eigenvalue weighted by Crippen LogP contribution is 2.29. The van der Waals surface area contributed by atoms with Gasteiger partial charge in [0, 0.05) is 5.56 Å². The molecule has 0 fully saturated rings. The third-order valence-corrected chi connectivity index (χ3v) is 2.31. The molecule has 0 bridgehead atoms. The van der Waals surface area contributed by atoms with E-state index in [4.69, 9.17) is 5.11 Å². The monoisotopic (exact) mass is 230 g/mol. The molecule has 1 aromatic carbocycles. The van der Waals surface area contributed by atoms with Crippen molar-refractivity contribution in [2.75, 3.05) is 0 Å². The van der Waals surface area contributed by atoms with E-state index in [-0.39, 0.29) is 5.75 Å². The Hall–Kier alpha value is -1.03. The van der Waals surface area contributed by atoms with Crippen LogP contribution >= 0.6 is 15.9 Å². The average Bonchev–Trinajstić information content (AvgIpc) is 2.04. The van der Waals surface area contributed by atoms with E-state index in [2.05, 4.69) is 15.9 Å². The first-order valence-electron chi connectivity index (χ1n) is 3.27. The van der Waals surface area contributed by atoms with Gasteiger partial charge in [0.05, 0.1) is 0 Å². The number of carboxylic acid groups (broad SMARTS) is 1. The fourth-order valence-electron chi connectivity index (χ4n) is 0.835. The summed E-state index contributed by atoms with van der Waals surface area (Å²) in [5.74, 6) is -1.03. The quantitative estimate of drug-likeness (QED) is 0.764. The standard InChI is InChI=1S/C8H7BrO3/c9-7(8(11)12)5-3-1-2-4-6(5)10/h1-4,7,10H,(H,11,12). The molecule has 0 aromatic heterocycles. The molecule has 0 amide bonds. The molecule has 0 heterocycles. The van der Waals surface area contributed by atoms with Crippen molar-refractivity contribution < 1.29 is 15.0 Å². The van der Waals surface area contributed by atoms with Gasteiger partial charge in [-0.05, 0) is 6.07 Å². The van der Waals surface area contributed by atoms with Crippen molar-refractivity contribution >= 4 is 21.9 Å². The van der Waals surface area contributed by atoms with Crippen molar-refractivity contribution in [3.05, 3.63) is 29.8 Å². The second-order valence-electron chi connectivity index (χ2n) is 2.26. The summed E-state index contributed by atoms with van der Waals surface area (Å²) >= 11 is 2.94. The average molecular weight is 231 g/mol. The molecular formula is C8H7BrO3. The molecule has 0 aliphatic carbocycles. The number of carboxylic acids is 1. The molecule has 1 atom stereocenters. The first-order chi connectivity index (χ1) is 5.63. The minimum atomic E-state index is -1.02. The highest BCUT2D eigenvalue weighted by Gasteiger charge is 2.18. The lowest BCUT2D eigenvalue weighted by molar-refractivity contribution is -0.136. The number of aliphatic carboxylic acids is 1. The second-order valence-corrected chi connectivity index (χ2v) is 3.18.